The first kappa shape index (κ1) is 15.8. The summed E-state index contributed by atoms with van der Waals surface area (Å²) in [6.07, 6.45) is -0.469. The van der Waals surface area contributed by atoms with Gasteiger partial charge in [0, 0.05) is 12.6 Å². The van der Waals surface area contributed by atoms with Crippen molar-refractivity contribution in [2.45, 2.75) is 26.4 Å². The summed E-state index contributed by atoms with van der Waals surface area (Å²) in [6, 6.07) is 3.87. The predicted octanol–water partition coefficient (Wildman–Crippen LogP) is 2.75. The molecule has 0 bridgehead atoms. The summed E-state index contributed by atoms with van der Waals surface area (Å²) in [5.41, 5.74) is -0.128. The summed E-state index contributed by atoms with van der Waals surface area (Å²) in [5.74, 6) is 4.31. The van der Waals surface area contributed by atoms with Crippen LogP contribution in [0.5, 0.6) is 5.75 Å². The van der Waals surface area contributed by atoms with Crippen molar-refractivity contribution in [2.75, 3.05) is 13.6 Å². The van der Waals surface area contributed by atoms with Crippen molar-refractivity contribution in [1.82, 2.24) is 4.90 Å². The van der Waals surface area contributed by atoms with Crippen molar-refractivity contribution in [3.63, 3.8) is 0 Å². The predicted molar refractivity (Wildman–Crippen MR) is 73.8 cm³/mol. The van der Waals surface area contributed by atoms with E-state index in [-0.39, 0.29) is 6.54 Å². The second-order valence-corrected chi connectivity index (χ2v) is 5.30. The van der Waals surface area contributed by atoms with Crippen molar-refractivity contribution in [2.24, 2.45) is 0 Å². The third kappa shape index (κ3) is 5.19. The van der Waals surface area contributed by atoms with Crippen molar-refractivity contribution >= 4 is 6.09 Å². The number of carbonyl (C=O) groups excluding carboxylic acids is 1. The monoisotopic (exact) mass is 279 g/mol. The Labute approximate surface area is 118 Å². The summed E-state index contributed by atoms with van der Waals surface area (Å²) in [5, 5.41) is 9.05. The molecule has 0 aromatic heterocycles. The largest absolute Gasteiger partial charge is 0.505 e. The minimum atomic E-state index is -0.725. The van der Waals surface area contributed by atoms with E-state index in [1.54, 1.807) is 27.8 Å². The summed E-state index contributed by atoms with van der Waals surface area (Å²) >= 11 is 0. The lowest BCUT2D eigenvalue weighted by atomic mass is 10.2. The number of phenolic OH excluding ortho intramolecular Hbond substituents is 1. The van der Waals surface area contributed by atoms with E-state index in [4.69, 9.17) is 9.84 Å². The molecule has 4 nitrogen and oxygen atoms in total. The lowest BCUT2D eigenvalue weighted by molar-refractivity contribution is 0.0321. The SMILES string of the molecule is CN(CC#Cc1ccc(O)c(F)c1)C(=O)OC(C)(C)C. The summed E-state index contributed by atoms with van der Waals surface area (Å²) < 4.78 is 18.2. The molecule has 0 saturated carbocycles. The topological polar surface area (TPSA) is 49.8 Å². The van der Waals surface area contributed by atoms with Crippen LogP contribution in [0, 0.1) is 17.7 Å². The first-order chi connectivity index (χ1) is 9.19. The molecule has 0 aliphatic rings. The fourth-order valence-electron chi connectivity index (χ4n) is 1.25. The number of hydrogen-bond acceptors (Lipinski definition) is 3. The summed E-state index contributed by atoms with van der Waals surface area (Å²) in [6.45, 7) is 5.51. The molecule has 1 aromatic carbocycles. The quantitative estimate of drug-likeness (QED) is 0.804. The van der Waals surface area contributed by atoms with Gasteiger partial charge in [0.15, 0.2) is 11.6 Å². The lowest BCUT2D eigenvalue weighted by Gasteiger charge is -2.23. The normalized spacial score (nSPS) is 10.4. The highest BCUT2D eigenvalue weighted by Gasteiger charge is 2.18. The Bertz CT molecular complexity index is 552. The lowest BCUT2D eigenvalue weighted by Crippen LogP contribution is -2.34. The van der Waals surface area contributed by atoms with Crippen molar-refractivity contribution < 1.29 is 19.0 Å². The van der Waals surface area contributed by atoms with Crippen molar-refractivity contribution in [3.8, 4) is 17.6 Å². The molecule has 1 N–H and O–H groups in total. The van der Waals surface area contributed by atoms with E-state index >= 15 is 0 Å². The van der Waals surface area contributed by atoms with Crippen LogP contribution in [0.25, 0.3) is 0 Å². The van der Waals surface area contributed by atoms with Gasteiger partial charge in [-0.05, 0) is 39.0 Å². The molecule has 1 amide bonds. The fraction of sp³-hybridized carbons (Fsp3) is 0.400. The van der Waals surface area contributed by atoms with Gasteiger partial charge in [-0.1, -0.05) is 11.8 Å². The Kier molecular flexibility index (Phi) is 4.98. The summed E-state index contributed by atoms with van der Waals surface area (Å²) in [7, 11) is 1.57. The molecule has 5 heteroatoms. The van der Waals surface area contributed by atoms with E-state index in [2.05, 4.69) is 11.8 Å². The van der Waals surface area contributed by atoms with Gasteiger partial charge in [-0.2, -0.15) is 0 Å². The Hall–Kier alpha value is -2.22. The van der Waals surface area contributed by atoms with Crippen LogP contribution in [-0.2, 0) is 4.74 Å². The number of phenols is 1. The number of hydrogen-bond donors (Lipinski definition) is 1. The van der Waals surface area contributed by atoms with E-state index in [9.17, 15) is 9.18 Å². The minimum absolute atomic E-state index is 0.164. The third-order valence-electron chi connectivity index (χ3n) is 2.20. The zero-order valence-electron chi connectivity index (χ0n) is 12.0. The smallest absolute Gasteiger partial charge is 0.410 e. The molecule has 108 valence electrons. The molecule has 0 radical (unpaired) electrons. The summed E-state index contributed by atoms with van der Waals surface area (Å²) in [4.78, 5) is 13.0. The second-order valence-electron chi connectivity index (χ2n) is 5.30. The highest BCUT2D eigenvalue weighted by molar-refractivity contribution is 5.68. The molecule has 20 heavy (non-hydrogen) atoms. The van der Waals surface area contributed by atoms with Crippen LogP contribution in [0.4, 0.5) is 9.18 Å². The molecule has 0 fully saturated rings. The highest BCUT2D eigenvalue weighted by Crippen LogP contribution is 2.15. The van der Waals surface area contributed by atoms with Crippen LogP contribution in [0.1, 0.15) is 26.3 Å². The average Bonchev–Trinajstić information content (AvgIpc) is 2.31. The van der Waals surface area contributed by atoms with Gasteiger partial charge in [0.05, 0.1) is 6.54 Å². The number of nitrogens with zero attached hydrogens (tertiary/aromatic N) is 1. The fourth-order valence-corrected chi connectivity index (χ4v) is 1.25. The molecular weight excluding hydrogens is 261 g/mol. The molecule has 0 aliphatic carbocycles. The molecule has 1 aromatic rings. The van der Waals surface area contributed by atoms with Gasteiger partial charge in [-0.3, -0.25) is 0 Å². The Morgan fingerprint density at radius 3 is 2.65 bits per heavy atom. The zero-order valence-corrected chi connectivity index (χ0v) is 12.0. The van der Waals surface area contributed by atoms with E-state index in [0.29, 0.717) is 5.56 Å². The third-order valence-corrected chi connectivity index (χ3v) is 2.20. The number of amides is 1. The Morgan fingerprint density at radius 2 is 2.10 bits per heavy atom. The van der Waals surface area contributed by atoms with Crippen LogP contribution in [0.3, 0.4) is 0 Å². The number of aromatic hydroxyl groups is 1. The van der Waals surface area contributed by atoms with Gasteiger partial charge in [0.2, 0.25) is 0 Å². The van der Waals surface area contributed by atoms with Gasteiger partial charge in [-0.25, -0.2) is 9.18 Å². The number of benzene rings is 1. The molecule has 0 atom stereocenters. The molecule has 0 heterocycles. The number of ether oxygens (including phenoxy) is 1. The van der Waals surface area contributed by atoms with Gasteiger partial charge >= 0.3 is 6.09 Å². The van der Waals surface area contributed by atoms with Gasteiger partial charge in [0.25, 0.3) is 0 Å². The molecule has 0 spiro atoms. The first-order valence-electron chi connectivity index (χ1n) is 6.10. The van der Waals surface area contributed by atoms with E-state index in [0.717, 1.165) is 6.07 Å². The van der Waals surface area contributed by atoms with E-state index in [1.807, 2.05) is 0 Å². The molecule has 0 saturated heterocycles. The zero-order chi connectivity index (χ0) is 15.3. The van der Waals surface area contributed by atoms with Gasteiger partial charge in [-0.15, -0.1) is 0 Å². The molecule has 0 aliphatic heterocycles. The average molecular weight is 279 g/mol. The highest BCUT2D eigenvalue weighted by atomic mass is 19.1. The second kappa shape index (κ2) is 6.29. The maximum absolute atomic E-state index is 13.1. The van der Waals surface area contributed by atoms with Crippen LogP contribution >= 0.6 is 0 Å². The van der Waals surface area contributed by atoms with Crippen LogP contribution in [0.2, 0.25) is 0 Å². The number of halogens is 1. The first-order valence-corrected chi connectivity index (χ1v) is 6.10. The standard InChI is InChI=1S/C15H18FNO3/c1-15(2,3)20-14(19)17(4)9-5-6-11-7-8-13(18)12(16)10-11/h7-8,10,18H,9H2,1-4H3. The van der Waals surface area contributed by atoms with Crippen LogP contribution < -0.4 is 0 Å². The maximum atomic E-state index is 13.1. The van der Waals surface area contributed by atoms with E-state index < -0.39 is 23.3 Å². The van der Waals surface area contributed by atoms with Crippen LogP contribution in [0.15, 0.2) is 18.2 Å². The maximum Gasteiger partial charge on any atom is 0.410 e. The van der Waals surface area contributed by atoms with Gasteiger partial charge in [0.1, 0.15) is 5.60 Å². The van der Waals surface area contributed by atoms with Crippen molar-refractivity contribution in [1.29, 1.82) is 0 Å². The molecule has 0 unspecified atom stereocenters. The molecule has 1 rings (SSSR count). The molecular formula is C15H18FNO3. The Morgan fingerprint density at radius 1 is 1.45 bits per heavy atom. The number of carbonyl (C=O) groups is 1. The van der Waals surface area contributed by atoms with E-state index in [1.165, 1.54) is 17.0 Å². The van der Waals surface area contributed by atoms with Crippen LogP contribution in [-0.4, -0.2) is 35.3 Å². The minimum Gasteiger partial charge on any atom is -0.505 e. The van der Waals surface area contributed by atoms with Gasteiger partial charge < -0.3 is 14.7 Å². The number of rotatable bonds is 1. The Balaban J connectivity index is 2.61. The van der Waals surface area contributed by atoms with Crippen molar-refractivity contribution in [3.05, 3.63) is 29.6 Å².